The van der Waals surface area contributed by atoms with Crippen molar-refractivity contribution in [3.05, 3.63) is 0 Å². The van der Waals surface area contributed by atoms with Crippen molar-refractivity contribution in [1.82, 2.24) is 0 Å². The van der Waals surface area contributed by atoms with E-state index < -0.39 is 9.84 Å². The Morgan fingerprint density at radius 3 is 2.33 bits per heavy atom. The monoisotopic (exact) mass is 233 g/mol. The van der Waals surface area contributed by atoms with Crippen LogP contribution in [0.1, 0.15) is 39.5 Å². The summed E-state index contributed by atoms with van der Waals surface area (Å²) >= 11 is 0. The summed E-state index contributed by atoms with van der Waals surface area (Å²) in [5.41, 5.74) is 5.56. The fraction of sp³-hybridized carbons (Fsp3) is 1.00. The van der Waals surface area contributed by atoms with Gasteiger partial charge in [-0.3, -0.25) is 0 Å². The van der Waals surface area contributed by atoms with Gasteiger partial charge in [0.15, 0.2) is 9.84 Å². The average Bonchev–Trinajstić information content (AvgIpc) is 2.81. The molecule has 1 fully saturated rings. The minimum atomic E-state index is -2.85. The standard InChI is InChI=1S/C11H23NO2S/c1-10(2)3-8-15(13,14)9-11(4-5-11)6-7-12/h10H,3-9,12H2,1-2H3. The van der Waals surface area contributed by atoms with E-state index in [2.05, 4.69) is 13.8 Å². The second-order valence-corrected chi connectivity index (χ2v) is 7.50. The lowest BCUT2D eigenvalue weighted by molar-refractivity contribution is 0.506. The summed E-state index contributed by atoms with van der Waals surface area (Å²) in [5.74, 6) is 1.17. The van der Waals surface area contributed by atoms with E-state index in [9.17, 15) is 8.42 Å². The fourth-order valence-electron chi connectivity index (χ4n) is 1.90. The maximum absolute atomic E-state index is 11.8. The van der Waals surface area contributed by atoms with E-state index in [1.54, 1.807) is 0 Å². The molecule has 0 amide bonds. The summed E-state index contributed by atoms with van der Waals surface area (Å²) in [4.78, 5) is 0. The van der Waals surface area contributed by atoms with E-state index in [1.807, 2.05) is 0 Å². The average molecular weight is 233 g/mol. The first-order valence-corrected chi connectivity index (χ1v) is 7.62. The Labute approximate surface area is 93.3 Å². The van der Waals surface area contributed by atoms with Crippen LogP contribution in [-0.4, -0.2) is 26.5 Å². The van der Waals surface area contributed by atoms with E-state index in [0.717, 1.165) is 25.7 Å². The van der Waals surface area contributed by atoms with E-state index >= 15 is 0 Å². The molecule has 3 nitrogen and oxygen atoms in total. The molecular weight excluding hydrogens is 210 g/mol. The second-order valence-electron chi connectivity index (χ2n) is 5.31. The maximum Gasteiger partial charge on any atom is 0.150 e. The summed E-state index contributed by atoms with van der Waals surface area (Å²) in [7, 11) is -2.85. The molecule has 1 rings (SSSR count). The lowest BCUT2D eigenvalue weighted by atomic mass is 10.1. The molecule has 2 N–H and O–H groups in total. The van der Waals surface area contributed by atoms with Crippen molar-refractivity contribution < 1.29 is 8.42 Å². The minimum Gasteiger partial charge on any atom is -0.330 e. The van der Waals surface area contributed by atoms with Crippen LogP contribution in [0.4, 0.5) is 0 Å². The van der Waals surface area contributed by atoms with Gasteiger partial charge in [-0.1, -0.05) is 13.8 Å². The van der Waals surface area contributed by atoms with Gasteiger partial charge in [-0.2, -0.15) is 0 Å². The fourth-order valence-corrected chi connectivity index (χ4v) is 4.24. The number of rotatable bonds is 7. The predicted octanol–water partition coefficient (Wildman–Crippen LogP) is 1.58. The summed E-state index contributed by atoms with van der Waals surface area (Å²) < 4.78 is 23.6. The smallest absolute Gasteiger partial charge is 0.150 e. The predicted molar refractivity (Wildman–Crippen MR) is 63.4 cm³/mol. The zero-order valence-electron chi connectivity index (χ0n) is 9.83. The Balaban J connectivity index is 2.42. The highest BCUT2D eigenvalue weighted by Gasteiger charge is 2.44. The van der Waals surface area contributed by atoms with Gasteiger partial charge >= 0.3 is 0 Å². The molecule has 0 spiro atoms. The van der Waals surface area contributed by atoms with Crippen LogP contribution < -0.4 is 5.73 Å². The molecule has 0 aromatic heterocycles. The third-order valence-corrected chi connectivity index (χ3v) is 5.07. The molecule has 0 aromatic rings. The quantitative estimate of drug-likeness (QED) is 0.726. The lowest BCUT2D eigenvalue weighted by Gasteiger charge is -2.14. The van der Waals surface area contributed by atoms with Gasteiger partial charge in [0.25, 0.3) is 0 Å². The molecule has 0 atom stereocenters. The molecule has 1 saturated carbocycles. The molecule has 0 aliphatic heterocycles. The normalized spacial score (nSPS) is 19.5. The molecule has 0 saturated heterocycles. The van der Waals surface area contributed by atoms with E-state index in [1.165, 1.54) is 0 Å². The van der Waals surface area contributed by atoms with Gasteiger partial charge in [0, 0.05) is 0 Å². The number of hydrogen-bond donors (Lipinski definition) is 1. The Hall–Kier alpha value is -0.0900. The molecule has 1 aliphatic carbocycles. The first-order chi connectivity index (χ1) is 6.89. The van der Waals surface area contributed by atoms with Crippen molar-refractivity contribution in [2.75, 3.05) is 18.1 Å². The lowest BCUT2D eigenvalue weighted by Crippen LogP contribution is -2.23. The van der Waals surface area contributed by atoms with Gasteiger partial charge in [-0.15, -0.1) is 0 Å². The van der Waals surface area contributed by atoms with Crippen LogP contribution in [0.25, 0.3) is 0 Å². The van der Waals surface area contributed by atoms with Crippen molar-refractivity contribution in [3.8, 4) is 0 Å². The molecule has 15 heavy (non-hydrogen) atoms. The van der Waals surface area contributed by atoms with Crippen molar-refractivity contribution >= 4 is 9.84 Å². The Morgan fingerprint density at radius 1 is 1.33 bits per heavy atom. The third-order valence-electron chi connectivity index (χ3n) is 3.16. The van der Waals surface area contributed by atoms with Crippen molar-refractivity contribution in [1.29, 1.82) is 0 Å². The van der Waals surface area contributed by atoms with Crippen LogP contribution in [0.5, 0.6) is 0 Å². The van der Waals surface area contributed by atoms with Gasteiger partial charge < -0.3 is 5.73 Å². The molecule has 0 heterocycles. The number of nitrogens with two attached hydrogens (primary N) is 1. The first-order valence-electron chi connectivity index (χ1n) is 5.80. The minimum absolute atomic E-state index is 0.0601. The highest BCUT2D eigenvalue weighted by atomic mass is 32.2. The van der Waals surface area contributed by atoms with Gasteiger partial charge in [0.05, 0.1) is 11.5 Å². The molecule has 1 aliphatic rings. The van der Waals surface area contributed by atoms with Crippen molar-refractivity contribution in [2.24, 2.45) is 17.1 Å². The number of hydrogen-bond acceptors (Lipinski definition) is 3. The zero-order chi connectivity index (χ0) is 11.5. The Kier molecular flexibility index (Phi) is 4.18. The Morgan fingerprint density at radius 2 is 1.93 bits per heavy atom. The van der Waals surface area contributed by atoms with Crippen LogP contribution in [0.3, 0.4) is 0 Å². The van der Waals surface area contributed by atoms with Crippen molar-refractivity contribution in [2.45, 2.75) is 39.5 Å². The summed E-state index contributed by atoms with van der Waals surface area (Å²) in [5, 5.41) is 0. The van der Waals surface area contributed by atoms with E-state index in [4.69, 9.17) is 5.73 Å². The van der Waals surface area contributed by atoms with Crippen LogP contribution in [0.15, 0.2) is 0 Å². The third kappa shape index (κ3) is 4.51. The summed E-state index contributed by atoms with van der Waals surface area (Å²) in [6.45, 7) is 4.73. The van der Waals surface area contributed by atoms with Crippen LogP contribution in [0, 0.1) is 11.3 Å². The van der Waals surface area contributed by atoms with Gasteiger partial charge in [-0.25, -0.2) is 8.42 Å². The Bertz CT molecular complexity index is 292. The van der Waals surface area contributed by atoms with E-state index in [0.29, 0.717) is 24.0 Å². The first kappa shape index (κ1) is 13.0. The van der Waals surface area contributed by atoms with Gasteiger partial charge in [-0.05, 0) is 43.6 Å². The molecule has 90 valence electrons. The molecular formula is C11H23NO2S. The second kappa shape index (κ2) is 4.83. The van der Waals surface area contributed by atoms with Crippen molar-refractivity contribution in [3.63, 3.8) is 0 Å². The summed E-state index contributed by atoms with van der Waals surface area (Å²) in [6.07, 6.45) is 3.74. The molecule has 0 aromatic carbocycles. The zero-order valence-corrected chi connectivity index (χ0v) is 10.6. The largest absolute Gasteiger partial charge is 0.330 e. The highest BCUT2D eigenvalue weighted by molar-refractivity contribution is 7.91. The van der Waals surface area contributed by atoms with Crippen LogP contribution >= 0.6 is 0 Å². The highest BCUT2D eigenvalue weighted by Crippen LogP contribution is 2.49. The van der Waals surface area contributed by atoms with Gasteiger partial charge in [0.1, 0.15) is 0 Å². The topological polar surface area (TPSA) is 60.2 Å². The van der Waals surface area contributed by atoms with Crippen LogP contribution in [-0.2, 0) is 9.84 Å². The maximum atomic E-state index is 11.8. The summed E-state index contributed by atoms with van der Waals surface area (Å²) in [6, 6.07) is 0. The van der Waals surface area contributed by atoms with E-state index in [-0.39, 0.29) is 5.41 Å². The molecule has 0 radical (unpaired) electrons. The van der Waals surface area contributed by atoms with Crippen LogP contribution in [0.2, 0.25) is 0 Å². The molecule has 0 unspecified atom stereocenters. The molecule has 4 heteroatoms. The van der Waals surface area contributed by atoms with Gasteiger partial charge in [0.2, 0.25) is 0 Å². The SMILES string of the molecule is CC(C)CCS(=O)(=O)CC1(CCN)CC1. The number of sulfone groups is 1. The molecule has 0 bridgehead atoms.